The minimum Gasteiger partial charge on any atom is -0.480 e. The number of benzene rings is 4. The fraction of sp³-hybridized carbons (Fsp3) is 0.0938. The Hall–Kier alpha value is -4.39. The van der Waals surface area contributed by atoms with Crippen LogP contribution in [0, 0.1) is 0 Å². The van der Waals surface area contributed by atoms with Crippen LogP contribution in [0.3, 0.4) is 0 Å². The average molecular weight is 647 g/mol. The Morgan fingerprint density at radius 3 is 2.11 bits per heavy atom. The summed E-state index contributed by atoms with van der Waals surface area (Å²) in [6.07, 6.45) is -0.0269. The molecule has 0 unspecified atom stereocenters. The van der Waals surface area contributed by atoms with Crippen LogP contribution in [0.2, 0.25) is 5.02 Å². The maximum atomic E-state index is 13.1. The van der Waals surface area contributed by atoms with Gasteiger partial charge in [0.1, 0.15) is 6.04 Å². The predicted octanol–water partition coefficient (Wildman–Crippen LogP) is 5.82. The normalized spacial score (nSPS) is 12.0. The number of carbonyl (C=O) groups is 2. The van der Waals surface area contributed by atoms with Crippen molar-refractivity contribution in [1.82, 2.24) is 9.71 Å². The molecule has 1 heterocycles. The van der Waals surface area contributed by atoms with E-state index in [0.717, 1.165) is 21.6 Å². The molecular weight excluding hydrogens is 620 g/mol. The molecule has 9 nitrogen and oxygen atoms in total. The van der Waals surface area contributed by atoms with Gasteiger partial charge in [0.2, 0.25) is 10.0 Å². The van der Waals surface area contributed by atoms with Gasteiger partial charge in [0, 0.05) is 22.7 Å². The molecule has 0 fully saturated rings. The van der Waals surface area contributed by atoms with E-state index in [2.05, 4.69) is 10.0 Å². The van der Waals surface area contributed by atoms with Gasteiger partial charge in [0.25, 0.3) is 5.91 Å². The van der Waals surface area contributed by atoms with Crippen LogP contribution >= 0.6 is 22.9 Å². The lowest BCUT2D eigenvalue weighted by molar-refractivity contribution is -0.138. The minimum absolute atomic E-state index is 0.0269. The van der Waals surface area contributed by atoms with Gasteiger partial charge in [-0.15, -0.1) is 0 Å². The number of rotatable bonds is 11. The van der Waals surface area contributed by atoms with E-state index in [-0.39, 0.29) is 16.9 Å². The number of carboxylic acids is 1. The number of carbonyl (C=O) groups excluding carboxylic acids is 1. The molecule has 4 aromatic carbocycles. The Labute approximate surface area is 263 Å². The fourth-order valence-corrected chi connectivity index (χ4v) is 6.71. The van der Waals surface area contributed by atoms with Crippen LogP contribution < -0.4 is 15.8 Å². The number of sulfonamides is 1. The second-order valence-electron chi connectivity index (χ2n) is 9.79. The van der Waals surface area contributed by atoms with Crippen molar-refractivity contribution in [2.45, 2.75) is 23.9 Å². The lowest BCUT2D eigenvalue weighted by atomic mass is 10.1. The summed E-state index contributed by atoms with van der Waals surface area (Å²) in [7, 11) is -4.19. The van der Waals surface area contributed by atoms with Crippen molar-refractivity contribution in [2.75, 3.05) is 5.32 Å². The van der Waals surface area contributed by atoms with Crippen molar-refractivity contribution in [3.8, 4) is 21.7 Å². The zero-order chi connectivity index (χ0) is 31.3. The number of hydrogen-bond donors (Lipinski definition) is 4. The Bertz CT molecular complexity index is 1880. The molecule has 5 N–H and O–H groups in total. The number of aliphatic carboxylic acids is 1. The van der Waals surface area contributed by atoms with Crippen LogP contribution in [0.5, 0.6) is 0 Å². The standard InChI is InChI=1S/C32H27ClN4O5S2/c33-25-14-10-22(11-15-25)28-29(23-8-6-21(19-34)7-9-23)43-32(35-28)36-30(38)24-12-16-26(17-13-24)44(41,42)37-27(31(39)40)18-20-4-2-1-3-5-20/h1-17,27,37H,18-19,34H2,(H,39,40)(H,35,36,38)/t27-/m0/s1. The molecule has 0 spiro atoms. The molecule has 0 aliphatic carbocycles. The van der Waals surface area contributed by atoms with E-state index in [1.165, 1.54) is 35.6 Å². The molecule has 224 valence electrons. The third kappa shape index (κ3) is 7.39. The fourth-order valence-electron chi connectivity index (χ4n) is 4.40. The van der Waals surface area contributed by atoms with Gasteiger partial charge in [0.15, 0.2) is 5.13 Å². The van der Waals surface area contributed by atoms with E-state index >= 15 is 0 Å². The van der Waals surface area contributed by atoms with Crippen LogP contribution in [0.15, 0.2) is 108 Å². The maximum Gasteiger partial charge on any atom is 0.322 e. The molecule has 12 heteroatoms. The summed E-state index contributed by atoms with van der Waals surface area (Å²) in [6.45, 7) is 0.415. The Morgan fingerprint density at radius 2 is 1.50 bits per heavy atom. The van der Waals surface area contributed by atoms with Crippen molar-refractivity contribution in [1.29, 1.82) is 0 Å². The average Bonchev–Trinajstić information content (AvgIpc) is 3.45. The molecular formula is C32H27ClN4O5S2. The highest BCUT2D eigenvalue weighted by molar-refractivity contribution is 7.89. The third-order valence-electron chi connectivity index (χ3n) is 6.72. The molecule has 5 aromatic rings. The van der Waals surface area contributed by atoms with Crippen LogP contribution in [0.1, 0.15) is 21.5 Å². The second kappa shape index (κ2) is 13.5. The molecule has 1 amide bonds. The van der Waals surface area contributed by atoms with E-state index in [1.807, 2.05) is 36.4 Å². The van der Waals surface area contributed by atoms with Gasteiger partial charge in [-0.2, -0.15) is 4.72 Å². The topological polar surface area (TPSA) is 151 Å². The number of halogens is 1. The molecule has 0 bridgehead atoms. The van der Waals surface area contributed by atoms with E-state index in [1.54, 1.807) is 42.5 Å². The second-order valence-corrected chi connectivity index (χ2v) is 12.9. The highest BCUT2D eigenvalue weighted by Gasteiger charge is 2.26. The summed E-state index contributed by atoms with van der Waals surface area (Å²) in [5.74, 6) is -1.79. The van der Waals surface area contributed by atoms with Crippen LogP contribution in [-0.2, 0) is 27.8 Å². The first kappa shape index (κ1) is 31.0. The monoisotopic (exact) mass is 646 g/mol. The van der Waals surface area contributed by atoms with Gasteiger partial charge in [0.05, 0.1) is 15.5 Å². The predicted molar refractivity (Wildman–Crippen MR) is 172 cm³/mol. The molecule has 44 heavy (non-hydrogen) atoms. The van der Waals surface area contributed by atoms with E-state index in [9.17, 15) is 23.1 Å². The molecule has 0 saturated carbocycles. The number of anilines is 1. The van der Waals surface area contributed by atoms with Gasteiger partial charge in [-0.05, 0) is 59.5 Å². The Morgan fingerprint density at radius 1 is 0.864 bits per heavy atom. The molecule has 1 aromatic heterocycles. The van der Waals surface area contributed by atoms with Gasteiger partial charge in [-0.25, -0.2) is 13.4 Å². The van der Waals surface area contributed by atoms with Crippen LogP contribution in [0.25, 0.3) is 21.7 Å². The van der Waals surface area contributed by atoms with Crippen LogP contribution in [-0.4, -0.2) is 36.4 Å². The first-order chi connectivity index (χ1) is 21.1. The number of thiazole rings is 1. The molecule has 0 saturated heterocycles. The molecule has 1 atom stereocenters. The number of nitrogens with zero attached hydrogens (tertiary/aromatic N) is 1. The number of nitrogens with one attached hydrogen (secondary N) is 2. The molecule has 0 radical (unpaired) electrons. The molecule has 0 aliphatic heterocycles. The summed E-state index contributed by atoms with van der Waals surface area (Å²) in [4.78, 5) is 30.3. The first-order valence-electron chi connectivity index (χ1n) is 13.4. The zero-order valence-corrected chi connectivity index (χ0v) is 25.5. The third-order valence-corrected chi connectivity index (χ3v) is 9.48. The van der Waals surface area contributed by atoms with Crippen molar-refractivity contribution >= 4 is 50.0 Å². The van der Waals surface area contributed by atoms with Crippen molar-refractivity contribution < 1.29 is 23.1 Å². The number of carboxylic acid groups (broad SMARTS) is 1. The van der Waals surface area contributed by atoms with Crippen molar-refractivity contribution in [2.24, 2.45) is 5.73 Å². The summed E-state index contributed by atoms with van der Waals surface area (Å²) in [5, 5.41) is 13.3. The largest absolute Gasteiger partial charge is 0.480 e. The summed E-state index contributed by atoms with van der Waals surface area (Å²) < 4.78 is 28.2. The molecule has 0 aliphatic rings. The number of nitrogens with two attached hydrogens (primary N) is 1. The van der Waals surface area contributed by atoms with Crippen molar-refractivity contribution in [3.63, 3.8) is 0 Å². The van der Waals surface area contributed by atoms with Gasteiger partial charge in [-0.1, -0.05) is 89.7 Å². The quantitative estimate of drug-likeness (QED) is 0.141. The first-order valence-corrected chi connectivity index (χ1v) is 16.1. The van der Waals surface area contributed by atoms with Gasteiger partial charge in [-0.3, -0.25) is 14.9 Å². The summed E-state index contributed by atoms with van der Waals surface area (Å²) in [6, 6.07) is 27.6. The minimum atomic E-state index is -4.19. The van der Waals surface area contributed by atoms with E-state index in [4.69, 9.17) is 22.3 Å². The molecule has 5 rings (SSSR count). The Kier molecular flexibility index (Phi) is 9.52. The summed E-state index contributed by atoms with van der Waals surface area (Å²) >= 11 is 7.38. The summed E-state index contributed by atoms with van der Waals surface area (Å²) in [5.41, 5.74) is 9.99. The number of hydrogen-bond acceptors (Lipinski definition) is 7. The maximum absolute atomic E-state index is 13.1. The highest BCUT2D eigenvalue weighted by Crippen LogP contribution is 2.39. The Balaban J connectivity index is 1.35. The number of amides is 1. The van der Waals surface area contributed by atoms with E-state index < -0.39 is 27.9 Å². The van der Waals surface area contributed by atoms with Crippen LogP contribution in [0.4, 0.5) is 5.13 Å². The van der Waals surface area contributed by atoms with E-state index in [0.29, 0.717) is 28.0 Å². The smallest absolute Gasteiger partial charge is 0.322 e. The SMILES string of the molecule is NCc1ccc(-c2sc(NC(=O)c3ccc(S(=O)(=O)N[C@@H](Cc4ccccc4)C(=O)O)cc3)nc2-c2ccc(Cl)cc2)cc1. The van der Waals surface area contributed by atoms with Gasteiger partial charge < -0.3 is 10.8 Å². The lowest BCUT2D eigenvalue weighted by Crippen LogP contribution is -2.42. The lowest BCUT2D eigenvalue weighted by Gasteiger charge is -2.15. The number of aromatic nitrogens is 1. The zero-order valence-electron chi connectivity index (χ0n) is 23.1. The highest BCUT2D eigenvalue weighted by atomic mass is 35.5. The van der Waals surface area contributed by atoms with Crippen molar-refractivity contribution in [3.05, 3.63) is 125 Å². The van der Waals surface area contributed by atoms with Gasteiger partial charge >= 0.3 is 5.97 Å².